The molecule has 0 radical (unpaired) electrons. The van der Waals surface area contributed by atoms with Gasteiger partial charge in [0.25, 0.3) is 0 Å². The highest BCUT2D eigenvalue weighted by molar-refractivity contribution is 5.83. The molecule has 37 heavy (non-hydrogen) atoms. The molecule has 198 valence electrons. The summed E-state index contributed by atoms with van der Waals surface area (Å²) < 4.78 is 5.41. The SMILES string of the molecule is Cc1cc(=O)oc2cc(Nc3nc(N4C[C@H](N)C[C@H](N)C4)nc(N4C[C@H](CN)C[C@H](CN)C4)n3)ccc12. The lowest BCUT2D eigenvalue weighted by molar-refractivity contribution is 0.326. The summed E-state index contributed by atoms with van der Waals surface area (Å²) in [6, 6.07) is 6.94. The smallest absolute Gasteiger partial charge is 0.336 e. The molecule has 0 amide bonds. The van der Waals surface area contributed by atoms with Crippen LogP contribution in [0.2, 0.25) is 0 Å². The minimum absolute atomic E-state index is 0.0646. The summed E-state index contributed by atoms with van der Waals surface area (Å²) >= 11 is 0. The average molecular weight is 509 g/mol. The number of aromatic nitrogens is 3. The molecule has 0 spiro atoms. The molecular weight excluding hydrogens is 472 g/mol. The van der Waals surface area contributed by atoms with Gasteiger partial charge in [-0.25, -0.2) is 4.79 Å². The van der Waals surface area contributed by atoms with Crippen LogP contribution in [0.1, 0.15) is 18.4 Å². The molecule has 9 N–H and O–H groups in total. The lowest BCUT2D eigenvalue weighted by Crippen LogP contribution is -2.53. The van der Waals surface area contributed by atoms with Crippen LogP contribution in [0.5, 0.6) is 0 Å². The Balaban J connectivity index is 1.51. The zero-order valence-corrected chi connectivity index (χ0v) is 21.1. The van der Waals surface area contributed by atoms with Crippen LogP contribution in [0.25, 0.3) is 11.0 Å². The zero-order valence-electron chi connectivity index (χ0n) is 21.1. The van der Waals surface area contributed by atoms with Gasteiger partial charge >= 0.3 is 5.63 Å². The maximum atomic E-state index is 11.9. The van der Waals surface area contributed by atoms with Gasteiger partial charge in [0.15, 0.2) is 0 Å². The predicted octanol–water partition coefficient (Wildman–Crippen LogP) is 0.255. The number of nitrogens with two attached hydrogens (primary N) is 4. The summed E-state index contributed by atoms with van der Waals surface area (Å²) in [7, 11) is 0. The monoisotopic (exact) mass is 508 g/mol. The van der Waals surface area contributed by atoms with Crippen molar-refractivity contribution in [1.82, 2.24) is 15.0 Å². The summed E-state index contributed by atoms with van der Waals surface area (Å²) in [4.78, 5) is 30.4. The van der Waals surface area contributed by atoms with Crippen molar-refractivity contribution >= 4 is 34.5 Å². The summed E-state index contributed by atoms with van der Waals surface area (Å²) in [5.74, 6) is 2.06. The minimum atomic E-state index is -0.390. The standard InChI is InChI=1S/C25H36N10O2/c1-14-4-22(36)37-21-7-19(2-3-20(14)21)30-23-31-24(34-10-15(8-26)5-16(9-27)11-34)33-25(32-23)35-12-17(28)6-18(29)13-35/h2-4,7,15-18H,5-6,8-13,26-29H2,1H3,(H,30,31,32,33)/t15-,16+,17-,18+. The zero-order chi connectivity index (χ0) is 26.1. The van der Waals surface area contributed by atoms with Crippen LogP contribution < -0.4 is 43.7 Å². The lowest BCUT2D eigenvalue weighted by Gasteiger charge is -2.38. The van der Waals surface area contributed by atoms with Crippen molar-refractivity contribution in [2.24, 2.45) is 34.8 Å². The molecule has 0 saturated carbocycles. The van der Waals surface area contributed by atoms with E-state index < -0.39 is 5.63 Å². The Morgan fingerprint density at radius 1 is 0.919 bits per heavy atom. The van der Waals surface area contributed by atoms with Crippen LogP contribution >= 0.6 is 0 Å². The van der Waals surface area contributed by atoms with Gasteiger partial charge in [-0.2, -0.15) is 15.0 Å². The second kappa shape index (κ2) is 10.6. The molecule has 2 fully saturated rings. The summed E-state index contributed by atoms with van der Waals surface area (Å²) in [6.45, 7) is 5.74. The number of aryl methyl sites for hydroxylation is 1. The van der Waals surface area contributed by atoms with Crippen LogP contribution in [-0.4, -0.2) is 66.3 Å². The molecule has 2 aromatic heterocycles. The van der Waals surface area contributed by atoms with Crippen molar-refractivity contribution in [3.63, 3.8) is 0 Å². The summed E-state index contributed by atoms with van der Waals surface area (Å²) in [5.41, 5.74) is 26.2. The highest BCUT2D eigenvalue weighted by Gasteiger charge is 2.30. The predicted molar refractivity (Wildman–Crippen MR) is 145 cm³/mol. The van der Waals surface area contributed by atoms with E-state index >= 15 is 0 Å². The number of benzene rings is 1. The van der Waals surface area contributed by atoms with Gasteiger partial charge in [-0.15, -0.1) is 0 Å². The fraction of sp³-hybridized carbons (Fsp3) is 0.520. The largest absolute Gasteiger partial charge is 0.423 e. The van der Waals surface area contributed by atoms with Crippen molar-refractivity contribution in [3.05, 3.63) is 40.2 Å². The van der Waals surface area contributed by atoms with E-state index in [2.05, 4.69) is 10.2 Å². The highest BCUT2D eigenvalue weighted by Crippen LogP contribution is 2.28. The van der Waals surface area contributed by atoms with Crippen LogP contribution in [-0.2, 0) is 0 Å². The molecule has 1 aromatic carbocycles. The number of anilines is 4. The van der Waals surface area contributed by atoms with Crippen LogP contribution in [0, 0.1) is 18.8 Å². The average Bonchev–Trinajstić information content (AvgIpc) is 2.87. The Kier molecular flexibility index (Phi) is 7.24. The van der Waals surface area contributed by atoms with Crippen LogP contribution in [0.4, 0.5) is 23.5 Å². The maximum Gasteiger partial charge on any atom is 0.336 e. The number of piperidine rings is 2. The maximum absolute atomic E-state index is 11.9. The number of rotatable bonds is 6. The Morgan fingerprint density at radius 2 is 1.54 bits per heavy atom. The first-order valence-corrected chi connectivity index (χ1v) is 12.8. The molecule has 12 nitrogen and oxygen atoms in total. The highest BCUT2D eigenvalue weighted by atomic mass is 16.4. The molecule has 0 unspecified atom stereocenters. The van der Waals surface area contributed by atoms with Gasteiger partial charge in [-0.1, -0.05) is 0 Å². The van der Waals surface area contributed by atoms with Gasteiger partial charge in [0.05, 0.1) is 0 Å². The molecule has 2 aliphatic rings. The van der Waals surface area contributed by atoms with E-state index in [1.165, 1.54) is 6.07 Å². The minimum Gasteiger partial charge on any atom is -0.423 e. The molecule has 12 heteroatoms. The van der Waals surface area contributed by atoms with E-state index in [1.54, 1.807) is 6.07 Å². The third-order valence-electron chi connectivity index (χ3n) is 7.19. The third-order valence-corrected chi connectivity index (χ3v) is 7.19. The van der Waals surface area contributed by atoms with Crippen molar-refractivity contribution in [2.45, 2.75) is 31.8 Å². The Morgan fingerprint density at radius 3 is 2.16 bits per heavy atom. The number of hydrogen-bond acceptors (Lipinski definition) is 12. The van der Waals surface area contributed by atoms with E-state index in [-0.39, 0.29) is 12.1 Å². The van der Waals surface area contributed by atoms with Gasteiger partial charge < -0.3 is 42.5 Å². The van der Waals surface area contributed by atoms with Crippen molar-refractivity contribution in [3.8, 4) is 0 Å². The third kappa shape index (κ3) is 5.67. The van der Waals surface area contributed by atoms with Crippen molar-refractivity contribution in [1.29, 1.82) is 0 Å². The van der Waals surface area contributed by atoms with Crippen molar-refractivity contribution in [2.75, 3.05) is 54.4 Å². The first-order chi connectivity index (χ1) is 17.8. The number of hydrogen-bond donors (Lipinski definition) is 5. The first kappa shape index (κ1) is 25.3. The quantitative estimate of drug-likeness (QED) is 0.286. The molecule has 3 aromatic rings. The van der Waals surface area contributed by atoms with Gasteiger partial charge in [0, 0.05) is 61.5 Å². The fourth-order valence-corrected chi connectivity index (χ4v) is 5.39. The number of fused-ring (bicyclic) bond motifs is 1. The van der Waals surface area contributed by atoms with Crippen LogP contribution in [0.15, 0.2) is 33.5 Å². The molecule has 0 aliphatic carbocycles. The second-order valence-electron chi connectivity index (χ2n) is 10.3. The molecule has 4 heterocycles. The second-order valence-corrected chi connectivity index (χ2v) is 10.3. The van der Waals surface area contributed by atoms with E-state index in [0.717, 1.165) is 36.9 Å². The van der Waals surface area contributed by atoms with E-state index in [1.807, 2.05) is 24.0 Å². The molecule has 4 atom stereocenters. The normalized spacial score (nSPS) is 24.5. The van der Waals surface area contributed by atoms with Gasteiger partial charge in [0.2, 0.25) is 17.8 Å². The van der Waals surface area contributed by atoms with Gasteiger partial charge in [-0.05, 0) is 62.4 Å². The topological polar surface area (TPSA) is 191 Å². The molecule has 2 aliphatic heterocycles. The fourth-order valence-electron chi connectivity index (χ4n) is 5.39. The molecule has 0 bridgehead atoms. The van der Waals surface area contributed by atoms with Gasteiger partial charge in [-0.3, -0.25) is 0 Å². The Bertz CT molecular complexity index is 1290. The lowest BCUT2D eigenvalue weighted by atomic mass is 9.89. The molecule has 2 saturated heterocycles. The Hall–Kier alpha value is -3.32. The van der Waals surface area contributed by atoms with Crippen LogP contribution in [0.3, 0.4) is 0 Å². The number of nitrogens with zero attached hydrogens (tertiary/aromatic N) is 5. The molecular formula is C25H36N10O2. The first-order valence-electron chi connectivity index (χ1n) is 12.8. The Labute approximate surface area is 215 Å². The molecule has 5 rings (SSSR count). The van der Waals surface area contributed by atoms with Crippen molar-refractivity contribution < 1.29 is 4.42 Å². The van der Waals surface area contributed by atoms with Gasteiger partial charge in [0.1, 0.15) is 5.58 Å². The van der Waals surface area contributed by atoms with E-state index in [0.29, 0.717) is 67.1 Å². The summed E-state index contributed by atoms with van der Waals surface area (Å²) in [6.07, 6.45) is 1.74. The number of nitrogens with one attached hydrogen (secondary N) is 1. The van der Waals surface area contributed by atoms with E-state index in [9.17, 15) is 4.79 Å². The van der Waals surface area contributed by atoms with E-state index in [4.69, 9.17) is 42.3 Å². The summed E-state index contributed by atoms with van der Waals surface area (Å²) in [5, 5.41) is 4.15.